The van der Waals surface area contributed by atoms with Crippen molar-refractivity contribution in [3.05, 3.63) is 83.1 Å². The van der Waals surface area contributed by atoms with Crippen molar-refractivity contribution in [3.63, 3.8) is 0 Å². The Bertz CT molecular complexity index is 1870. The van der Waals surface area contributed by atoms with Crippen LogP contribution < -0.4 is 0 Å². The Morgan fingerprint density at radius 1 is 0.915 bits per heavy atom. The number of rotatable bonds is 8. The van der Waals surface area contributed by atoms with Crippen molar-refractivity contribution in [2.45, 2.75) is 94.2 Å². The van der Waals surface area contributed by atoms with Gasteiger partial charge in [-0.1, -0.05) is 42.5 Å². The van der Waals surface area contributed by atoms with Gasteiger partial charge in [0.05, 0.1) is 11.0 Å². The van der Waals surface area contributed by atoms with Crippen molar-refractivity contribution in [1.82, 2.24) is 23.7 Å². The maximum Gasteiger partial charge on any atom is 0.258 e. The van der Waals surface area contributed by atoms with Crippen LogP contribution in [0, 0.1) is 20.8 Å². The molecule has 3 atom stereocenters. The zero-order valence-corrected chi connectivity index (χ0v) is 29.1. The quantitative estimate of drug-likeness (QED) is 0.223. The van der Waals surface area contributed by atoms with Crippen molar-refractivity contribution < 1.29 is 17.6 Å². The van der Waals surface area contributed by atoms with E-state index in [1.165, 1.54) is 38.0 Å². The zero-order valence-electron chi connectivity index (χ0n) is 28.3. The van der Waals surface area contributed by atoms with Gasteiger partial charge in [-0.3, -0.25) is 9.69 Å². The summed E-state index contributed by atoms with van der Waals surface area (Å²) < 4.78 is 35.8. The zero-order chi connectivity index (χ0) is 33.1. The number of imidazole rings is 1. The number of furan rings is 1. The standard InChI is InChI=1S/C37H47N5O4S/c1-25-34(35(26(2)46-25)47(44,45)39(4)5)36(43)40-20-17-37(18-21-40,28-11-7-6-8-12-28)19-22-41-29-15-16-30(41)24-31(23-29)42-27(3)38-32-13-9-10-14-33(32)42/h6-14,29-31H,15-24H2,1-5H3/t29-,30+,31?. The number of para-hydroxylation sites is 2. The average molecular weight is 658 g/mol. The van der Waals surface area contributed by atoms with Crippen LogP contribution in [0.25, 0.3) is 11.0 Å². The Balaban J connectivity index is 1.08. The largest absolute Gasteiger partial charge is 0.464 e. The van der Waals surface area contributed by atoms with Crippen LogP contribution in [0.15, 0.2) is 63.9 Å². The third-order valence-electron chi connectivity index (χ3n) is 11.4. The predicted octanol–water partition coefficient (Wildman–Crippen LogP) is 6.24. The summed E-state index contributed by atoms with van der Waals surface area (Å²) >= 11 is 0. The molecule has 250 valence electrons. The molecule has 3 aliphatic rings. The van der Waals surface area contributed by atoms with Gasteiger partial charge in [0.1, 0.15) is 27.8 Å². The first-order valence-electron chi connectivity index (χ1n) is 17.1. The second-order valence-electron chi connectivity index (χ2n) is 14.2. The van der Waals surface area contributed by atoms with Crippen molar-refractivity contribution >= 4 is 27.0 Å². The lowest BCUT2D eigenvalue weighted by atomic mass is 9.70. The minimum Gasteiger partial charge on any atom is -0.464 e. The van der Waals surface area contributed by atoms with Gasteiger partial charge in [0.15, 0.2) is 0 Å². The van der Waals surface area contributed by atoms with Gasteiger partial charge >= 0.3 is 0 Å². The molecule has 5 heterocycles. The Hall–Kier alpha value is -3.47. The first kappa shape index (κ1) is 32.1. The maximum absolute atomic E-state index is 14.0. The van der Waals surface area contributed by atoms with Crippen molar-refractivity contribution in [1.29, 1.82) is 0 Å². The number of fused-ring (bicyclic) bond motifs is 3. The number of aromatic nitrogens is 2. The minimum atomic E-state index is -3.84. The number of nitrogens with zero attached hydrogens (tertiary/aromatic N) is 5. The van der Waals surface area contributed by atoms with Gasteiger partial charge in [0.2, 0.25) is 10.0 Å². The summed E-state index contributed by atoms with van der Waals surface area (Å²) in [5.41, 5.74) is 3.79. The molecule has 10 heteroatoms. The van der Waals surface area contributed by atoms with Crippen LogP contribution in [0.2, 0.25) is 0 Å². The Morgan fingerprint density at radius 2 is 1.55 bits per heavy atom. The van der Waals surface area contributed by atoms with Gasteiger partial charge in [-0.25, -0.2) is 17.7 Å². The summed E-state index contributed by atoms with van der Waals surface area (Å²) in [5, 5.41) is 0. The van der Waals surface area contributed by atoms with Crippen LogP contribution in [0.5, 0.6) is 0 Å². The van der Waals surface area contributed by atoms with E-state index in [1.807, 2.05) is 4.90 Å². The van der Waals surface area contributed by atoms with E-state index < -0.39 is 10.0 Å². The molecule has 0 N–H and O–H groups in total. The van der Waals surface area contributed by atoms with E-state index in [-0.39, 0.29) is 27.5 Å². The molecule has 7 rings (SSSR count). The molecular weight excluding hydrogens is 611 g/mol. The van der Waals surface area contributed by atoms with Gasteiger partial charge in [-0.15, -0.1) is 0 Å². The number of benzene rings is 2. The molecule has 2 aromatic carbocycles. The highest BCUT2D eigenvalue weighted by Crippen LogP contribution is 2.45. The Morgan fingerprint density at radius 3 is 2.21 bits per heavy atom. The summed E-state index contributed by atoms with van der Waals surface area (Å²) in [4.78, 5) is 23.5. The van der Waals surface area contributed by atoms with Crippen LogP contribution in [0.4, 0.5) is 0 Å². The summed E-state index contributed by atoms with van der Waals surface area (Å²) in [6, 6.07) is 20.9. The van der Waals surface area contributed by atoms with Crippen LogP contribution in [0.3, 0.4) is 0 Å². The maximum atomic E-state index is 14.0. The number of carbonyl (C=O) groups excluding carboxylic acids is 1. The fourth-order valence-electron chi connectivity index (χ4n) is 8.96. The third-order valence-corrected chi connectivity index (χ3v) is 13.4. The van der Waals surface area contributed by atoms with E-state index in [0.717, 1.165) is 54.3 Å². The first-order chi connectivity index (χ1) is 22.5. The average Bonchev–Trinajstić information content (AvgIpc) is 3.65. The molecule has 47 heavy (non-hydrogen) atoms. The highest BCUT2D eigenvalue weighted by atomic mass is 32.2. The molecule has 0 saturated carbocycles. The molecule has 2 bridgehead atoms. The second-order valence-corrected chi connectivity index (χ2v) is 16.2. The summed E-state index contributed by atoms with van der Waals surface area (Å²) in [6.07, 6.45) is 7.50. The lowest BCUT2D eigenvalue weighted by molar-refractivity contribution is 0.0602. The van der Waals surface area contributed by atoms with E-state index >= 15 is 0 Å². The molecule has 2 aromatic heterocycles. The minimum absolute atomic E-state index is 0.0114. The molecule has 3 aliphatic heterocycles. The first-order valence-corrected chi connectivity index (χ1v) is 18.5. The number of hydrogen-bond donors (Lipinski definition) is 0. The number of piperidine rings is 2. The highest BCUT2D eigenvalue weighted by Gasteiger charge is 2.45. The van der Waals surface area contributed by atoms with Gasteiger partial charge in [0, 0.05) is 45.3 Å². The fraction of sp³-hybridized carbons (Fsp3) is 0.514. The van der Waals surface area contributed by atoms with Crippen molar-refractivity contribution in [3.8, 4) is 0 Å². The molecule has 1 amide bonds. The van der Waals surface area contributed by atoms with Crippen LogP contribution in [-0.2, 0) is 15.4 Å². The third kappa shape index (κ3) is 5.52. The van der Waals surface area contributed by atoms with E-state index in [4.69, 9.17) is 9.40 Å². The molecule has 9 nitrogen and oxygen atoms in total. The molecule has 1 unspecified atom stereocenters. The van der Waals surface area contributed by atoms with E-state index in [2.05, 4.69) is 71.0 Å². The predicted molar refractivity (Wildman–Crippen MR) is 183 cm³/mol. The highest BCUT2D eigenvalue weighted by molar-refractivity contribution is 7.89. The number of sulfonamides is 1. The SMILES string of the molecule is Cc1oc(C)c(S(=O)(=O)N(C)C)c1C(=O)N1CCC(CCN2[C@@H]3CC[C@H]2CC(n2c(C)nc4ccccc42)C3)(c2ccccc2)CC1. The lowest BCUT2D eigenvalue weighted by Crippen LogP contribution is -2.49. The van der Waals surface area contributed by atoms with Crippen molar-refractivity contribution in [2.75, 3.05) is 33.7 Å². The van der Waals surface area contributed by atoms with E-state index in [0.29, 0.717) is 37.0 Å². The van der Waals surface area contributed by atoms with Gasteiger partial charge in [-0.05, 0) is 95.4 Å². The van der Waals surface area contributed by atoms with Gasteiger partial charge in [0.25, 0.3) is 5.91 Å². The molecule has 0 radical (unpaired) electrons. The normalized spacial score (nSPS) is 23.2. The molecule has 3 saturated heterocycles. The van der Waals surface area contributed by atoms with Gasteiger partial charge < -0.3 is 13.9 Å². The molecule has 0 spiro atoms. The monoisotopic (exact) mass is 657 g/mol. The van der Waals surface area contributed by atoms with E-state index in [1.54, 1.807) is 13.8 Å². The number of carbonyl (C=O) groups is 1. The Kier molecular flexibility index (Phi) is 8.33. The van der Waals surface area contributed by atoms with Crippen LogP contribution in [-0.4, -0.2) is 83.8 Å². The summed E-state index contributed by atoms with van der Waals surface area (Å²) in [7, 11) is -0.879. The molecule has 0 aliphatic carbocycles. The molecule has 3 fully saturated rings. The van der Waals surface area contributed by atoms with Gasteiger partial charge in [-0.2, -0.15) is 0 Å². The topological polar surface area (TPSA) is 91.9 Å². The number of amides is 1. The number of likely N-dealkylation sites (tertiary alicyclic amines) is 1. The van der Waals surface area contributed by atoms with Crippen molar-refractivity contribution in [2.24, 2.45) is 0 Å². The number of aryl methyl sites for hydroxylation is 3. The second kappa shape index (κ2) is 12.2. The van der Waals surface area contributed by atoms with Crippen LogP contribution in [0.1, 0.15) is 84.3 Å². The smallest absolute Gasteiger partial charge is 0.258 e. The summed E-state index contributed by atoms with van der Waals surface area (Å²) in [6.45, 7) is 7.63. The molecule has 4 aromatic rings. The Labute approximate surface area is 278 Å². The number of hydrogen-bond acceptors (Lipinski definition) is 6. The van der Waals surface area contributed by atoms with Crippen LogP contribution >= 0.6 is 0 Å². The fourth-order valence-corrected chi connectivity index (χ4v) is 10.2. The molecular formula is C37H47N5O4S. The summed E-state index contributed by atoms with van der Waals surface area (Å²) in [5.74, 6) is 1.46. The van der Waals surface area contributed by atoms with E-state index in [9.17, 15) is 13.2 Å². The lowest BCUT2D eigenvalue weighted by Gasteiger charge is -2.45.